The van der Waals surface area contributed by atoms with Crippen LogP contribution in [0.1, 0.15) is 17.2 Å². The number of carbonyl (C=O) groups is 2. The van der Waals surface area contributed by atoms with Gasteiger partial charge in [-0.1, -0.05) is 34.0 Å². The summed E-state index contributed by atoms with van der Waals surface area (Å²) in [6.07, 6.45) is 6.53. The molecule has 0 fully saturated rings. The Morgan fingerprint density at radius 1 is 1.30 bits per heavy atom. The largest absolute Gasteiger partial charge is 0.466 e. The van der Waals surface area contributed by atoms with Crippen LogP contribution in [-0.4, -0.2) is 31.1 Å². The predicted octanol–water partition coefficient (Wildman–Crippen LogP) is 2.64. The molecule has 0 bridgehead atoms. The zero-order valence-corrected chi connectivity index (χ0v) is 14.2. The SMILES string of the molecule is COC(=O)C#CC1c2cccc(Br)c2C=CN1/C=C/C(=O)OC. The van der Waals surface area contributed by atoms with Gasteiger partial charge in [-0.2, -0.15) is 0 Å². The first-order chi connectivity index (χ1) is 11.1. The number of ether oxygens (including phenoxy) is 2. The molecular weight excluding hydrogens is 362 g/mol. The molecule has 1 atom stereocenters. The Balaban J connectivity index is 2.43. The van der Waals surface area contributed by atoms with Crippen molar-refractivity contribution in [3.63, 3.8) is 0 Å². The average molecular weight is 376 g/mol. The molecule has 0 radical (unpaired) electrons. The minimum absolute atomic E-state index is 0.424. The first kappa shape index (κ1) is 16.8. The highest BCUT2D eigenvalue weighted by molar-refractivity contribution is 9.10. The topological polar surface area (TPSA) is 55.8 Å². The number of hydrogen-bond donors (Lipinski definition) is 0. The fourth-order valence-electron chi connectivity index (χ4n) is 2.06. The Hall–Kier alpha value is -2.52. The third-order valence-corrected chi connectivity index (χ3v) is 3.86. The Kier molecular flexibility index (Phi) is 5.61. The second kappa shape index (κ2) is 7.65. The second-order valence-electron chi connectivity index (χ2n) is 4.51. The molecule has 118 valence electrons. The molecule has 1 aliphatic heterocycles. The zero-order chi connectivity index (χ0) is 16.8. The van der Waals surface area contributed by atoms with E-state index in [1.54, 1.807) is 17.3 Å². The van der Waals surface area contributed by atoms with Gasteiger partial charge in [-0.15, -0.1) is 0 Å². The van der Waals surface area contributed by atoms with Crippen LogP contribution in [0.5, 0.6) is 0 Å². The lowest BCUT2D eigenvalue weighted by molar-refractivity contribution is -0.135. The zero-order valence-electron chi connectivity index (χ0n) is 12.6. The second-order valence-corrected chi connectivity index (χ2v) is 5.36. The van der Waals surface area contributed by atoms with Crippen molar-refractivity contribution in [3.05, 3.63) is 52.3 Å². The van der Waals surface area contributed by atoms with Gasteiger partial charge in [0.1, 0.15) is 6.04 Å². The van der Waals surface area contributed by atoms with E-state index < -0.39 is 18.0 Å². The maximum Gasteiger partial charge on any atom is 0.384 e. The third kappa shape index (κ3) is 4.02. The van der Waals surface area contributed by atoms with Gasteiger partial charge < -0.3 is 14.4 Å². The minimum Gasteiger partial charge on any atom is -0.466 e. The van der Waals surface area contributed by atoms with E-state index in [9.17, 15) is 9.59 Å². The molecule has 0 amide bonds. The van der Waals surface area contributed by atoms with Crippen molar-refractivity contribution in [1.82, 2.24) is 4.90 Å². The summed E-state index contributed by atoms with van der Waals surface area (Å²) in [5.74, 6) is 4.22. The fraction of sp³-hybridized carbons (Fsp3) is 0.176. The summed E-state index contributed by atoms with van der Waals surface area (Å²) in [5.41, 5.74) is 1.88. The summed E-state index contributed by atoms with van der Waals surface area (Å²) in [4.78, 5) is 24.3. The smallest absolute Gasteiger partial charge is 0.384 e. The predicted molar refractivity (Wildman–Crippen MR) is 88.7 cm³/mol. The van der Waals surface area contributed by atoms with Crippen molar-refractivity contribution in [1.29, 1.82) is 0 Å². The summed E-state index contributed by atoms with van der Waals surface area (Å²) in [6, 6.07) is 5.30. The van der Waals surface area contributed by atoms with Crippen molar-refractivity contribution in [3.8, 4) is 11.8 Å². The van der Waals surface area contributed by atoms with Crippen LogP contribution in [0.15, 0.2) is 41.1 Å². The number of esters is 2. The van der Waals surface area contributed by atoms with Crippen LogP contribution in [0.2, 0.25) is 0 Å². The van der Waals surface area contributed by atoms with E-state index in [-0.39, 0.29) is 0 Å². The van der Waals surface area contributed by atoms with Crippen LogP contribution < -0.4 is 0 Å². The maximum absolute atomic E-state index is 11.3. The summed E-state index contributed by atoms with van der Waals surface area (Å²) in [5, 5.41) is 0. The van der Waals surface area contributed by atoms with Crippen molar-refractivity contribution in [2.45, 2.75) is 6.04 Å². The first-order valence-corrected chi connectivity index (χ1v) is 7.45. The summed E-state index contributed by atoms with van der Waals surface area (Å²) >= 11 is 3.49. The van der Waals surface area contributed by atoms with Gasteiger partial charge in [-0.05, 0) is 23.3 Å². The van der Waals surface area contributed by atoms with Crippen molar-refractivity contribution in [2.24, 2.45) is 0 Å². The fourth-order valence-corrected chi connectivity index (χ4v) is 2.57. The van der Waals surface area contributed by atoms with Gasteiger partial charge in [0.05, 0.1) is 14.2 Å². The monoisotopic (exact) mass is 375 g/mol. The molecule has 1 unspecified atom stereocenters. The van der Waals surface area contributed by atoms with Crippen LogP contribution in [0.3, 0.4) is 0 Å². The van der Waals surface area contributed by atoms with E-state index in [2.05, 4.69) is 37.2 Å². The lowest BCUT2D eigenvalue weighted by Gasteiger charge is -2.29. The van der Waals surface area contributed by atoms with Gasteiger partial charge in [0.25, 0.3) is 0 Å². The molecule has 1 aromatic carbocycles. The molecule has 0 aliphatic carbocycles. The quantitative estimate of drug-likeness (QED) is 0.344. The number of halogens is 1. The Labute approximate surface area is 142 Å². The third-order valence-electron chi connectivity index (χ3n) is 3.17. The van der Waals surface area contributed by atoms with E-state index >= 15 is 0 Å². The Bertz CT molecular complexity index is 743. The van der Waals surface area contributed by atoms with Crippen LogP contribution in [0, 0.1) is 11.8 Å². The first-order valence-electron chi connectivity index (χ1n) is 6.66. The van der Waals surface area contributed by atoms with E-state index in [0.717, 1.165) is 15.6 Å². The number of methoxy groups -OCH3 is 2. The molecule has 23 heavy (non-hydrogen) atoms. The molecule has 1 aromatic rings. The molecular formula is C17H14BrNO4. The molecule has 0 aromatic heterocycles. The molecule has 6 heteroatoms. The Morgan fingerprint density at radius 3 is 2.78 bits per heavy atom. The number of hydrogen-bond acceptors (Lipinski definition) is 5. The average Bonchev–Trinajstić information content (AvgIpc) is 2.57. The molecule has 1 aliphatic rings. The highest BCUT2D eigenvalue weighted by atomic mass is 79.9. The summed E-state index contributed by atoms with van der Waals surface area (Å²) < 4.78 is 10.1. The molecule has 0 N–H and O–H groups in total. The van der Waals surface area contributed by atoms with E-state index in [0.29, 0.717) is 0 Å². The molecule has 0 saturated heterocycles. The van der Waals surface area contributed by atoms with Gasteiger partial charge in [-0.3, -0.25) is 0 Å². The van der Waals surface area contributed by atoms with E-state index in [1.807, 2.05) is 24.3 Å². The highest BCUT2D eigenvalue weighted by Crippen LogP contribution is 2.34. The summed E-state index contributed by atoms with van der Waals surface area (Å²) in [6.45, 7) is 0. The lowest BCUT2D eigenvalue weighted by atomic mass is 9.96. The lowest BCUT2D eigenvalue weighted by Crippen LogP contribution is -2.21. The Morgan fingerprint density at radius 2 is 2.09 bits per heavy atom. The van der Waals surface area contributed by atoms with Gasteiger partial charge in [0, 0.05) is 28.9 Å². The van der Waals surface area contributed by atoms with Gasteiger partial charge in [-0.25, -0.2) is 9.59 Å². The van der Waals surface area contributed by atoms with Gasteiger partial charge in [0.15, 0.2) is 0 Å². The van der Waals surface area contributed by atoms with Crippen LogP contribution in [0.25, 0.3) is 6.08 Å². The molecule has 0 saturated carbocycles. The van der Waals surface area contributed by atoms with Crippen LogP contribution in [0.4, 0.5) is 0 Å². The molecule has 2 rings (SSSR count). The van der Waals surface area contributed by atoms with Crippen molar-refractivity contribution < 1.29 is 19.1 Å². The minimum atomic E-state index is -0.618. The molecule has 1 heterocycles. The van der Waals surface area contributed by atoms with Gasteiger partial charge >= 0.3 is 11.9 Å². The highest BCUT2D eigenvalue weighted by Gasteiger charge is 2.22. The number of fused-ring (bicyclic) bond motifs is 1. The maximum atomic E-state index is 11.3. The van der Waals surface area contributed by atoms with Crippen LogP contribution >= 0.6 is 15.9 Å². The van der Waals surface area contributed by atoms with E-state index in [1.165, 1.54) is 20.3 Å². The van der Waals surface area contributed by atoms with Crippen molar-refractivity contribution >= 4 is 33.9 Å². The molecule has 5 nitrogen and oxygen atoms in total. The van der Waals surface area contributed by atoms with Crippen molar-refractivity contribution in [2.75, 3.05) is 14.2 Å². The summed E-state index contributed by atoms with van der Waals surface area (Å²) in [7, 11) is 2.58. The number of benzene rings is 1. The number of rotatable bonds is 2. The van der Waals surface area contributed by atoms with Crippen LogP contribution in [-0.2, 0) is 19.1 Å². The normalized spacial score (nSPS) is 15.6. The van der Waals surface area contributed by atoms with E-state index in [4.69, 9.17) is 0 Å². The molecule has 0 spiro atoms. The number of nitrogens with zero attached hydrogens (tertiary/aromatic N) is 1. The van der Waals surface area contributed by atoms with Gasteiger partial charge in [0.2, 0.25) is 0 Å². The number of carbonyl (C=O) groups excluding carboxylic acids is 2. The standard InChI is InChI=1S/C17H14BrNO4/c1-22-16(20)7-6-15-13-4-3-5-14(18)12(13)8-10-19(15)11-9-17(21)23-2/h3-5,8-11,15H,1-2H3/b11-9+.